The van der Waals surface area contributed by atoms with Gasteiger partial charge in [0.05, 0.1) is 19.7 Å². The summed E-state index contributed by atoms with van der Waals surface area (Å²) >= 11 is 0. The minimum atomic E-state index is 0. The molecule has 0 amide bonds. The molecule has 0 atom stereocenters. The van der Waals surface area contributed by atoms with Gasteiger partial charge in [0.25, 0.3) is 0 Å². The first kappa shape index (κ1) is 24.6. The predicted octanol–water partition coefficient (Wildman–Crippen LogP) is 3.62. The minimum Gasteiger partial charge on any atom is -0.494 e. The van der Waals surface area contributed by atoms with E-state index in [0.29, 0.717) is 19.7 Å². The first-order valence-corrected chi connectivity index (χ1v) is 10.3. The number of benzene rings is 2. The molecule has 3 rings (SSSR count). The van der Waals surface area contributed by atoms with Crippen molar-refractivity contribution in [2.24, 2.45) is 12.0 Å². The van der Waals surface area contributed by atoms with Crippen molar-refractivity contribution in [3.63, 3.8) is 0 Å². The van der Waals surface area contributed by atoms with E-state index in [1.165, 1.54) is 5.56 Å². The Morgan fingerprint density at radius 2 is 1.81 bits per heavy atom. The number of rotatable bonds is 9. The van der Waals surface area contributed by atoms with Gasteiger partial charge >= 0.3 is 0 Å². The Morgan fingerprint density at radius 1 is 1.03 bits per heavy atom. The largest absolute Gasteiger partial charge is 0.494 e. The van der Waals surface area contributed by atoms with Crippen molar-refractivity contribution in [3.8, 4) is 5.75 Å². The van der Waals surface area contributed by atoms with E-state index >= 15 is 0 Å². The number of aromatic nitrogens is 3. The van der Waals surface area contributed by atoms with Gasteiger partial charge in [-0.2, -0.15) is 0 Å². The van der Waals surface area contributed by atoms with Gasteiger partial charge in [0.15, 0.2) is 11.8 Å². The molecule has 0 aliphatic heterocycles. The number of guanidine groups is 1. The maximum atomic E-state index is 5.59. The molecule has 2 N–H and O–H groups in total. The average Bonchev–Trinajstić information content (AvgIpc) is 3.09. The van der Waals surface area contributed by atoms with Crippen LogP contribution in [0.5, 0.6) is 5.75 Å². The van der Waals surface area contributed by atoms with E-state index in [4.69, 9.17) is 9.73 Å². The topological polar surface area (TPSA) is 76.4 Å². The molecule has 31 heavy (non-hydrogen) atoms. The molecule has 3 aromatic rings. The quantitative estimate of drug-likeness (QED) is 0.249. The number of ether oxygens (including phenoxy) is 1. The summed E-state index contributed by atoms with van der Waals surface area (Å²) in [6.45, 7) is 6.52. The van der Waals surface area contributed by atoms with Gasteiger partial charge in [-0.3, -0.25) is 0 Å². The summed E-state index contributed by atoms with van der Waals surface area (Å²) in [5, 5.41) is 15.1. The molecule has 166 valence electrons. The van der Waals surface area contributed by atoms with Crippen LogP contribution in [0.3, 0.4) is 0 Å². The number of aryl methyl sites for hydroxylation is 1. The third-order valence-electron chi connectivity index (χ3n) is 4.77. The molecule has 0 aliphatic carbocycles. The Balaban J connectivity index is 0.00000341. The van der Waals surface area contributed by atoms with Gasteiger partial charge in [-0.05, 0) is 43.5 Å². The molecule has 0 unspecified atom stereocenters. The average molecular weight is 534 g/mol. The lowest BCUT2D eigenvalue weighted by atomic mass is 10.1. The highest BCUT2D eigenvalue weighted by atomic mass is 127. The van der Waals surface area contributed by atoms with Crippen LogP contribution in [-0.2, 0) is 26.6 Å². The van der Waals surface area contributed by atoms with Gasteiger partial charge in [0.1, 0.15) is 11.6 Å². The molecule has 0 saturated heterocycles. The van der Waals surface area contributed by atoms with Crippen molar-refractivity contribution in [2.45, 2.75) is 33.4 Å². The monoisotopic (exact) mass is 534 g/mol. The van der Waals surface area contributed by atoms with Crippen LogP contribution in [0.1, 0.15) is 29.7 Å². The minimum absolute atomic E-state index is 0. The maximum Gasteiger partial charge on any atom is 0.191 e. The maximum absolute atomic E-state index is 5.59. The van der Waals surface area contributed by atoms with Crippen molar-refractivity contribution >= 4 is 29.9 Å². The molecule has 0 aliphatic rings. The van der Waals surface area contributed by atoms with Crippen LogP contribution in [-0.4, -0.2) is 33.9 Å². The summed E-state index contributed by atoms with van der Waals surface area (Å²) in [6.07, 6.45) is 0.871. The molecular formula is C23H31IN6O. The van der Waals surface area contributed by atoms with Crippen molar-refractivity contribution < 1.29 is 4.74 Å². The molecular weight excluding hydrogens is 503 g/mol. The van der Waals surface area contributed by atoms with Crippen LogP contribution in [0, 0.1) is 6.92 Å². The van der Waals surface area contributed by atoms with E-state index in [0.717, 1.165) is 41.9 Å². The van der Waals surface area contributed by atoms with Crippen LogP contribution < -0.4 is 15.4 Å². The molecule has 0 bridgehead atoms. The van der Waals surface area contributed by atoms with Crippen molar-refractivity contribution in [1.29, 1.82) is 0 Å². The van der Waals surface area contributed by atoms with Gasteiger partial charge in [-0.1, -0.05) is 42.5 Å². The Morgan fingerprint density at radius 3 is 2.52 bits per heavy atom. The summed E-state index contributed by atoms with van der Waals surface area (Å²) < 4.78 is 7.56. The number of nitrogens with one attached hydrogen (secondary N) is 2. The zero-order chi connectivity index (χ0) is 21.2. The van der Waals surface area contributed by atoms with E-state index in [2.05, 4.69) is 45.1 Å². The zero-order valence-electron chi connectivity index (χ0n) is 18.3. The molecule has 0 saturated carbocycles. The standard InChI is InChI=1S/C23H30N6O.HI/c1-4-30-21-12-8-11-19(15-21)13-14-24-23(25-16-20-9-6-5-7-10-20)26-17-22-28-27-18(2)29(22)3;/h5-12,15H,4,13-14,16-17H2,1-3H3,(H2,24,25,26);1H. The fraction of sp³-hybridized carbons (Fsp3) is 0.348. The fourth-order valence-electron chi connectivity index (χ4n) is 2.98. The van der Waals surface area contributed by atoms with Crippen LogP contribution in [0.2, 0.25) is 0 Å². The summed E-state index contributed by atoms with van der Waals surface area (Å²) in [6, 6.07) is 18.4. The van der Waals surface area contributed by atoms with Gasteiger partial charge in [0, 0.05) is 13.6 Å². The van der Waals surface area contributed by atoms with Crippen LogP contribution in [0.15, 0.2) is 59.6 Å². The van der Waals surface area contributed by atoms with Crippen molar-refractivity contribution in [2.75, 3.05) is 13.2 Å². The summed E-state index contributed by atoms with van der Waals surface area (Å²) in [5.41, 5.74) is 2.39. The number of hydrogen-bond acceptors (Lipinski definition) is 4. The number of aliphatic imine (C=N–C) groups is 1. The first-order valence-electron chi connectivity index (χ1n) is 10.3. The number of nitrogens with zero attached hydrogens (tertiary/aromatic N) is 4. The highest BCUT2D eigenvalue weighted by Crippen LogP contribution is 2.13. The fourth-order valence-corrected chi connectivity index (χ4v) is 2.98. The third-order valence-corrected chi connectivity index (χ3v) is 4.77. The lowest BCUT2D eigenvalue weighted by Gasteiger charge is -2.13. The Hall–Kier alpha value is -2.62. The molecule has 0 radical (unpaired) electrons. The molecule has 7 nitrogen and oxygen atoms in total. The summed E-state index contributed by atoms with van der Waals surface area (Å²) in [5.74, 6) is 3.41. The molecule has 1 aromatic heterocycles. The second-order valence-corrected chi connectivity index (χ2v) is 6.98. The highest BCUT2D eigenvalue weighted by molar-refractivity contribution is 14.0. The first-order chi connectivity index (χ1) is 14.7. The molecule has 2 aromatic carbocycles. The van der Waals surface area contributed by atoms with E-state index in [-0.39, 0.29) is 24.0 Å². The molecule has 1 heterocycles. The van der Waals surface area contributed by atoms with E-state index in [1.807, 2.05) is 55.8 Å². The SMILES string of the molecule is CCOc1cccc(CCNC(=NCc2ccccc2)NCc2nnc(C)n2C)c1.I. The van der Waals surface area contributed by atoms with E-state index in [1.54, 1.807) is 0 Å². The van der Waals surface area contributed by atoms with Crippen LogP contribution >= 0.6 is 24.0 Å². The van der Waals surface area contributed by atoms with Gasteiger partial charge < -0.3 is 19.9 Å². The highest BCUT2D eigenvalue weighted by Gasteiger charge is 2.06. The predicted molar refractivity (Wildman–Crippen MR) is 135 cm³/mol. The molecule has 0 spiro atoms. The number of halogens is 1. The number of hydrogen-bond donors (Lipinski definition) is 2. The lowest BCUT2D eigenvalue weighted by molar-refractivity contribution is 0.340. The Bertz CT molecular complexity index is 958. The Labute approximate surface area is 201 Å². The van der Waals surface area contributed by atoms with Gasteiger partial charge in [0.2, 0.25) is 0 Å². The smallest absolute Gasteiger partial charge is 0.191 e. The van der Waals surface area contributed by atoms with Crippen LogP contribution in [0.4, 0.5) is 0 Å². The zero-order valence-corrected chi connectivity index (χ0v) is 20.7. The Kier molecular flexibility index (Phi) is 10.3. The van der Waals surface area contributed by atoms with E-state index in [9.17, 15) is 0 Å². The second-order valence-electron chi connectivity index (χ2n) is 6.98. The van der Waals surface area contributed by atoms with Crippen molar-refractivity contribution in [3.05, 3.63) is 77.4 Å². The lowest BCUT2D eigenvalue weighted by Crippen LogP contribution is -2.38. The summed E-state index contributed by atoms with van der Waals surface area (Å²) in [4.78, 5) is 4.74. The van der Waals surface area contributed by atoms with Crippen LogP contribution in [0.25, 0.3) is 0 Å². The van der Waals surface area contributed by atoms with Gasteiger partial charge in [-0.15, -0.1) is 34.2 Å². The third kappa shape index (κ3) is 7.86. The van der Waals surface area contributed by atoms with Crippen molar-refractivity contribution in [1.82, 2.24) is 25.4 Å². The van der Waals surface area contributed by atoms with Gasteiger partial charge in [-0.25, -0.2) is 4.99 Å². The molecule has 0 fully saturated rings. The summed E-state index contributed by atoms with van der Waals surface area (Å²) in [7, 11) is 1.96. The normalized spacial score (nSPS) is 11.0. The second kappa shape index (κ2) is 12.9. The molecule has 8 heteroatoms. The van der Waals surface area contributed by atoms with E-state index < -0.39 is 0 Å².